The third-order valence-electron chi connectivity index (χ3n) is 3.26. The molecule has 0 radical (unpaired) electrons. The zero-order chi connectivity index (χ0) is 15.9. The molecule has 116 valence electrons. The molecule has 1 aromatic carbocycles. The Morgan fingerprint density at radius 1 is 1.14 bits per heavy atom. The van der Waals surface area contributed by atoms with Crippen LogP contribution in [0.5, 0.6) is 0 Å². The Balaban J connectivity index is 2.47. The van der Waals surface area contributed by atoms with E-state index in [1.54, 1.807) is 13.8 Å². The predicted octanol–water partition coefficient (Wildman–Crippen LogP) is 2.55. The second kappa shape index (κ2) is 8.03. The number of hydrogen-bond donors (Lipinski definition) is 2. The van der Waals surface area contributed by atoms with E-state index in [9.17, 15) is 9.59 Å². The Morgan fingerprint density at radius 3 is 2.33 bits per heavy atom. The zero-order valence-corrected chi connectivity index (χ0v) is 13.6. The monoisotopic (exact) mass is 310 g/mol. The number of hydrogen-bond acceptors (Lipinski definition) is 2. The molecule has 0 fully saturated rings. The molecule has 1 aromatic rings. The van der Waals surface area contributed by atoms with Crippen molar-refractivity contribution in [3.05, 3.63) is 34.9 Å². The van der Waals surface area contributed by atoms with E-state index in [1.165, 1.54) is 0 Å². The molecule has 5 heteroatoms. The molecule has 0 saturated carbocycles. The van der Waals surface area contributed by atoms with Gasteiger partial charge in [0.2, 0.25) is 11.8 Å². The standard InChI is InChI=1S/C16H23ClN2O2/c1-4-9-18-14(20)16(2,3)15(21)19-10-8-12-6-5-7-13(17)11-12/h5-7,11H,4,8-10H2,1-3H3,(H,18,20)(H,19,21). The van der Waals surface area contributed by atoms with Gasteiger partial charge >= 0.3 is 0 Å². The highest BCUT2D eigenvalue weighted by atomic mass is 35.5. The van der Waals surface area contributed by atoms with Gasteiger partial charge in [-0.15, -0.1) is 0 Å². The van der Waals surface area contributed by atoms with E-state index < -0.39 is 5.41 Å². The van der Waals surface area contributed by atoms with Crippen LogP contribution in [-0.4, -0.2) is 24.9 Å². The molecule has 2 N–H and O–H groups in total. The summed E-state index contributed by atoms with van der Waals surface area (Å²) >= 11 is 5.91. The van der Waals surface area contributed by atoms with Gasteiger partial charge in [-0.3, -0.25) is 9.59 Å². The van der Waals surface area contributed by atoms with Crippen LogP contribution in [0.25, 0.3) is 0 Å². The van der Waals surface area contributed by atoms with Crippen molar-refractivity contribution in [2.45, 2.75) is 33.6 Å². The van der Waals surface area contributed by atoms with Gasteiger partial charge in [0.05, 0.1) is 0 Å². The summed E-state index contributed by atoms with van der Waals surface area (Å²) in [6, 6.07) is 7.51. The normalized spacial score (nSPS) is 11.0. The first kappa shape index (κ1) is 17.5. The van der Waals surface area contributed by atoms with E-state index in [1.807, 2.05) is 31.2 Å². The number of rotatable bonds is 7. The van der Waals surface area contributed by atoms with Gasteiger partial charge < -0.3 is 10.6 Å². The molecular weight excluding hydrogens is 288 g/mol. The van der Waals surface area contributed by atoms with E-state index in [0.717, 1.165) is 12.0 Å². The number of halogens is 1. The lowest BCUT2D eigenvalue weighted by Crippen LogP contribution is -2.48. The third kappa shape index (κ3) is 5.38. The van der Waals surface area contributed by atoms with Crippen molar-refractivity contribution in [3.8, 4) is 0 Å². The minimum absolute atomic E-state index is 0.246. The van der Waals surface area contributed by atoms with Crippen molar-refractivity contribution in [2.24, 2.45) is 5.41 Å². The van der Waals surface area contributed by atoms with Gasteiger partial charge in [-0.1, -0.05) is 30.7 Å². The summed E-state index contributed by atoms with van der Waals surface area (Å²) in [7, 11) is 0. The van der Waals surface area contributed by atoms with Crippen LogP contribution in [0.3, 0.4) is 0 Å². The molecule has 0 spiro atoms. The van der Waals surface area contributed by atoms with Gasteiger partial charge in [0.25, 0.3) is 0 Å². The summed E-state index contributed by atoms with van der Waals surface area (Å²) in [5.74, 6) is -0.511. The molecule has 0 saturated heterocycles. The Bertz CT molecular complexity index is 501. The van der Waals surface area contributed by atoms with Crippen molar-refractivity contribution < 1.29 is 9.59 Å². The molecule has 1 rings (SSSR count). The third-order valence-corrected chi connectivity index (χ3v) is 3.49. The summed E-state index contributed by atoms with van der Waals surface area (Å²) in [5.41, 5.74) is -0.0141. The van der Waals surface area contributed by atoms with Crippen LogP contribution in [0.4, 0.5) is 0 Å². The van der Waals surface area contributed by atoms with Gasteiger partial charge in [-0.25, -0.2) is 0 Å². The maximum atomic E-state index is 12.1. The molecule has 2 amide bonds. The maximum absolute atomic E-state index is 12.1. The van der Waals surface area contributed by atoms with Crippen LogP contribution in [0.1, 0.15) is 32.8 Å². The molecule has 0 aliphatic rings. The van der Waals surface area contributed by atoms with E-state index in [2.05, 4.69) is 10.6 Å². The summed E-state index contributed by atoms with van der Waals surface area (Å²) in [6.07, 6.45) is 1.52. The van der Waals surface area contributed by atoms with Crippen LogP contribution in [0.15, 0.2) is 24.3 Å². The van der Waals surface area contributed by atoms with Crippen LogP contribution in [-0.2, 0) is 16.0 Å². The first-order valence-electron chi connectivity index (χ1n) is 7.19. The lowest BCUT2D eigenvalue weighted by Gasteiger charge is -2.22. The summed E-state index contributed by atoms with van der Waals surface area (Å²) in [6.45, 7) is 6.29. The van der Waals surface area contributed by atoms with Crippen molar-refractivity contribution >= 4 is 23.4 Å². The lowest BCUT2D eigenvalue weighted by atomic mass is 9.91. The first-order chi connectivity index (χ1) is 9.87. The van der Waals surface area contributed by atoms with Crippen LogP contribution in [0, 0.1) is 5.41 Å². The quantitative estimate of drug-likeness (QED) is 0.760. The molecule has 4 nitrogen and oxygen atoms in total. The van der Waals surface area contributed by atoms with Crippen LogP contribution >= 0.6 is 11.6 Å². The molecule has 0 unspecified atom stereocenters. The smallest absolute Gasteiger partial charge is 0.235 e. The Kier molecular flexibility index (Phi) is 6.69. The number of carbonyl (C=O) groups is 2. The van der Waals surface area contributed by atoms with E-state index in [-0.39, 0.29) is 11.8 Å². The number of carbonyl (C=O) groups excluding carboxylic acids is 2. The zero-order valence-electron chi connectivity index (χ0n) is 12.8. The minimum Gasteiger partial charge on any atom is -0.355 e. The predicted molar refractivity (Wildman–Crippen MR) is 85.2 cm³/mol. The molecule has 0 atom stereocenters. The second-order valence-electron chi connectivity index (χ2n) is 5.52. The maximum Gasteiger partial charge on any atom is 0.235 e. The van der Waals surface area contributed by atoms with Gasteiger partial charge in [0, 0.05) is 18.1 Å². The molecular formula is C16H23ClN2O2. The Hall–Kier alpha value is -1.55. The highest BCUT2D eigenvalue weighted by Gasteiger charge is 2.35. The fourth-order valence-corrected chi connectivity index (χ4v) is 2.01. The molecule has 0 aliphatic carbocycles. The summed E-state index contributed by atoms with van der Waals surface area (Å²) in [4.78, 5) is 24.1. The summed E-state index contributed by atoms with van der Waals surface area (Å²) in [5, 5.41) is 6.24. The second-order valence-corrected chi connectivity index (χ2v) is 5.95. The van der Waals surface area contributed by atoms with Gasteiger partial charge in [-0.05, 0) is 44.4 Å². The fourth-order valence-electron chi connectivity index (χ4n) is 1.80. The van der Waals surface area contributed by atoms with E-state index in [4.69, 9.17) is 11.6 Å². The van der Waals surface area contributed by atoms with Gasteiger partial charge in [0.1, 0.15) is 5.41 Å². The average molecular weight is 311 g/mol. The lowest BCUT2D eigenvalue weighted by molar-refractivity contribution is -0.141. The van der Waals surface area contributed by atoms with Crippen molar-refractivity contribution in [3.63, 3.8) is 0 Å². The fraction of sp³-hybridized carbons (Fsp3) is 0.500. The molecule has 0 bridgehead atoms. The van der Waals surface area contributed by atoms with Gasteiger partial charge in [-0.2, -0.15) is 0 Å². The van der Waals surface area contributed by atoms with E-state index in [0.29, 0.717) is 24.5 Å². The van der Waals surface area contributed by atoms with Crippen LogP contribution < -0.4 is 10.6 Å². The number of nitrogens with one attached hydrogen (secondary N) is 2. The highest BCUT2D eigenvalue weighted by molar-refractivity contribution is 6.30. The topological polar surface area (TPSA) is 58.2 Å². The van der Waals surface area contributed by atoms with Crippen molar-refractivity contribution in [1.29, 1.82) is 0 Å². The molecule has 0 aromatic heterocycles. The first-order valence-corrected chi connectivity index (χ1v) is 7.56. The molecule has 0 aliphatic heterocycles. The van der Waals surface area contributed by atoms with Crippen LogP contribution in [0.2, 0.25) is 5.02 Å². The average Bonchev–Trinajstić information content (AvgIpc) is 2.44. The van der Waals surface area contributed by atoms with E-state index >= 15 is 0 Å². The van der Waals surface area contributed by atoms with Crippen molar-refractivity contribution in [2.75, 3.05) is 13.1 Å². The molecule has 0 heterocycles. The minimum atomic E-state index is -1.07. The Labute approximate surface area is 131 Å². The van der Waals surface area contributed by atoms with Gasteiger partial charge in [0.15, 0.2) is 0 Å². The van der Waals surface area contributed by atoms with Crippen molar-refractivity contribution in [1.82, 2.24) is 10.6 Å². The summed E-state index contributed by atoms with van der Waals surface area (Å²) < 4.78 is 0. The molecule has 21 heavy (non-hydrogen) atoms. The SMILES string of the molecule is CCCNC(=O)C(C)(C)C(=O)NCCc1cccc(Cl)c1. The number of benzene rings is 1. The Morgan fingerprint density at radius 2 is 1.76 bits per heavy atom. The largest absolute Gasteiger partial charge is 0.355 e. The highest BCUT2D eigenvalue weighted by Crippen LogP contribution is 2.15. The number of amides is 2.